The van der Waals surface area contributed by atoms with Crippen molar-refractivity contribution in [2.24, 2.45) is 5.92 Å². The second kappa shape index (κ2) is 7.91. The van der Waals surface area contributed by atoms with Gasteiger partial charge in [0, 0.05) is 30.6 Å². The van der Waals surface area contributed by atoms with E-state index in [4.69, 9.17) is 9.47 Å². The highest BCUT2D eigenvalue weighted by molar-refractivity contribution is 7.18. The van der Waals surface area contributed by atoms with Crippen molar-refractivity contribution in [1.29, 1.82) is 0 Å². The quantitative estimate of drug-likeness (QED) is 0.814. The zero-order chi connectivity index (χ0) is 19.6. The van der Waals surface area contributed by atoms with Crippen molar-refractivity contribution in [3.8, 4) is 22.1 Å². The van der Waals surface area contributed by atoms with Crippen molar-refractivity contribution in [3.05, 3.63) is 18.2 Å². The van der Waals surface area contributed by atoms with E-state index in [1.165, 1.54) is 11.3 Å². The molecule has 2 amide bonds. The van der Waals surface area contributed by atoms with Gasteiger partial charge in [-0.25, -0.2) is 0 Å². The van der Waals surface area contributed by atoms with Gasteiger partial charge in [-0.2, -0.15) is 0 Å². The van der Waals surface area contributed by atoms with Gasteiger partial charge in [0.05, 0.1) is 20.1 Å². The van der Waals surface area contributed by atoms with Gasteiger partial charge >= 0.3 is 0 Å². The van der Waals surface area contributed by atoms with Gasteiger partial charge in [-0.3, -0.25) is 9.59 Å². The first kappa shape index (κ1) is 19.1. The second-order valence-electron chi connectivity index (χ2n) is 6.54. The van der Waals surface area contributed by atoms with Crippen molar-refractivity contribution in [2.75, 3.05) is 26.1 Å². The SMILES string of the molecule is COc1cc(OC)cc(-c2nnc(NC(=O)[C@@H]3CC(=O)N(C(C)C)C3)s2)c1. The Morgan fingerprint density at radius 2 is 1.89 bits per heavy atom. The Kier molecular flexibility index (Phi) is 5.59. The molecule has 0 bridgehead atoms. The lowest BCUT2D eigenvalue weighted by Crippen LogP contribution is -2.33. The van der Waals surface area contributed by atoms with Crippen LogP contribution in [0.2, 0.25) is 0 Å². The van der Waals surface area contributed by atoms with Gasteiger partial charge < -0.3 is 19.7 Å². The number of hydrogen-bond donors (Lipinski definition) is 1. The van der Waals surface area contributed by atoms with Crippen molar-refractivity contribution in [1.82, 2.24) is 15.1 Å². The molecule has 1 atom stereocenters. The molecule has 0 spiro atoms. The average molecular weight is 390 g/mol. The molecule has 1 N–H and O–H groups in total. The Morgan fingerprint density at radius 1 is 1.22 bits per heavy atom. The summed E-state index contributed by atoms with van der Waals surface area (Å²) in [5, 5.41) is 12.0. The number of carbonyl (C=O) groups is 2. The van der Waals surface area contributed by atoms with Gasteiger partial charge in [-0.15, -0.1) is 10.2 Å². The molecule has 144 valence electrons. The van der Waals surface area contributed by atoms with Crippen LogP contribution in [0.15, 0.2) is 18.2 Å². The molecule has 1 saturated heterocycles. The van der Waals surface area contributed by atoms with Crippen molar-refractivity contribution in [3.63, 3.8) is 0 Å². The number of amides is 2. The molecular weight excluding hydrogens is 368 g/mol. The van der Waals surface area contributed by atoms with E-state index >= 15 is 0 Å². The molecule has 27 heavy (non-hydrogen) atoms. The highest BCUT2D eigenvalue weighted by atomic mass is 32.1. The van der Waals surface area contributed by atoms with Gasteiger partial charge in [0.25, 0.3) is 0 Å². The number of carbonyl (C=O) groups excluding carboxylic acids is 2. The van der Waals surface area contributed by atoms with Crippen molar-refractivity contribution >= 4 is 28.3 Å². The van der Waals surface area contributed by atoms with Crippen LogP contribution < -0.4 is 14.8 Å². The van der Waals surface area contributed by atoms with E-state index in [1.54, 1.807) is 25.2 Å². The zero-order valence-electron chi connectivity index (χ0n) is 15.7. The average Bonchev–Trinajstić information content (AvgIpc) is 3.28. The van der Waals surface area contributed by atoms with Gasteiger partial charge in [-0.1, -0.05) is 11.3 Å². The third-order valence-corrected chi connectivity index (χ3v) is 5.29. The number of methoxy groups -OCH3 is 2. The fourth-order valence-electron chi connectivity index (χ4n) is 2.94. The van der Waals surface area contributed by atoms with Crippen LogP contribution >= 0.6 is 11.3 Å². The Bertz CT molecular complexity index is 829. The summed E-state index contributed by atoms with van der Waals surface area (Å²) < 4.78 is 10.5. The Labute approximate surface area is 161 Å². The van der Waals surface area contributed by atoms with Crippen molar-refractivity contribution in [2.45, 2.75) is 26.3 Å². The van der Waals surface area contributed by atoms with Crippen LogP contribution in [-0.2, 0) is 9.59 Å². The standard InChI is InChI=1S/C18H22N4O4S/c1-10(2)22-9-12(7-15(22)23)16(24)19-18-21-20-17(27-18)11-5-13(25-3)8-14(6-11)26-4/h5-6,8,10,12H,7,9H2,1-4H3,(H,19,21,24)/t12-/m1/s1. The van der Waals surface area contributed by atoms with E-state index in [9.17, 15) is 9.59 Å². The van der Waals surface area contributed by atoms with Gasteiger partial charge in [0.1, 0.15) is 16.5 Å². The second-order valence-corrected chi connectivity index (χ2v) is 7.52. The summed E-state index contributed by atoms with van der Waals surface area (Å²) in [6.07, 6.45) is 0.225. The summed E-state index contributed by atoms with van der Waals surface area (Å²) in [7, 11) is 3.15. The largest absolute Gasteiger partial charge is 0.497 e. The molecule has 2 heterocycles. The fraction of sp³-hybridized carbons (Fsp3) is 0.444. The molecule has 1 aromatic carbocycles. The molecule has 8 nitrogen and oxygen atoms in total. The summed E-state index contributed by atoms with van der Waals surface area (Å²) in [5.41, 5.74) is 0.784. The minimum Gasteiger partial charge on any atom is -0.497 e. The summed E-state index contributed by atoms with van der Waals surface area (Å²) in [6, 6.07) is 5.51. The lowest BCUT2D eigenvalue weighted by Gasteiger charge is -2.20. The molecule has 2 aromatic rings. The lowest BCUT2D eigenvalue weighted by molar-refractivity contribution is -0.129. The molecule has 3 rings (SSSR count). The van der Waals surface area contributed by atoms with E-state index in [-0.39, 0.29) is 30.2 Å². The van der Waals surface area contributed by atoms with Crippen LogP contribution in [-0.4, -0.2) is 53.7 Å². The van der Waals surface area contributed by atoms with Gasteiger partial charge in [0.15, 0.2) is 0 Å². The van der Waals surface area contributed by atoms with E-state index in [0.717, 1.165) is 5.56 Å². The minimum absolute atomic E-state index is 0.00609. The Balaban J connectivity index is 1.71. The van der Waals surface area contributed by atoms with Crippen LogP contribution in [0.3, 0.4) is 0 Å². The molecule has 0 radical (unpaired) electrons. The molecule has 9 heteroatoms. The topological polar surface area (TPSA) is 93.6 Å². The molecular formula is C18H22N4O4S. The summed E-state index contributed by atoms with van der Waals surface area (Å²) in [6.45, 7) is 4.32. The predicted molar refractivity (Wildman–Crippen MR) is 102 cm³/mol. The highest BCUT2D eigenvalue weighted by Gasteiger charge is 2.35. The maximum atomic E-state index is 12.5. The number of hydrogen-bond acceptors (Lipinski definition) is 7. The number of nitrogens with zero attached hydrogens (tertiary/aromatic N) is 3. The molecule has 1 aromatic heterocycles. The van der Waals surface area contributed by atoms with E-state index in [2.05, 4.69) is 15.5 Å². The summed E-state index contributed by atoms with van der Waals surface area (Å²) in [4.78, 5) is 26.2. The van der Waals surface area contributed by atoms with Crippen LogP contribution in [0.1, 0.15) is 20.3 Å². The minimum atomic E-state index is -0.371. The van der Waals surface area contributed by atoms with Crippen LogP contribution in [0.25, 0.3) is 10.6 Å². The fourth-order valence-corrected chi connectivity index (χ4v) is 3.67. The number of ether oxygens (including phenoxy) is 2. The van der Waals surface area contributed by atoms with Crippen molar-refractivity contribution < 1.29 is 19.1 Å². The van der Waals surface area contributed by atoms with E-state index < -0.39 is 0 Å². The molecule has 0 saturated carbocycles. The lowest BCUT2D eigenvalue weighted by atomic mass is 10.1. The van der Waals surface area contributed by atoms with Crippen LogP contribution in [0.5, 0.6) is 11.5 Å². The van der Waals surface area contributed by atoms with Gasteiger partial charge in [0.2, 0.25) is 16.9 Å². The number of nitrogens with one attached hydrogen (secondary N) is 1. The zero-order valence-corrected chi connectivity index (χ0v) is 16.5. The molecule has 1 aliphatic heterocycles. The number of anilines is 1. The third kappa shape index (κ3) is 4.19. The normalized spacial score (nSPS) is 16.7. The first-order valence-corrected chi connectivity index (χ1v) is 9.40. The maximum Gasteiger partial charge on any atom is 0.231 e. The monoisotopic (exact) mass is 390 g/mol. The number of aromatic nitrogens is 2. The number of rotatable bonds is 6. The first-order valence-electron chi connectivity index (χ1n) is 8.58. The third-order valence-electron chi connectivity index (χ3n) is 4.41. The Hall–Kier alpha value is -2.68. The predicted octanol–water partition coefficient (Wildman–Crippen LogP) is 2.42. The summed E-state index contributed by atoms with van der Waals surface area (Å²) in [5.74, 6) is 0.708. The highest BCUT2D eigenvalue weighted by Crippen LogP contribution is 2.33. The number of likely N-dealkylation sites (tertiary alicyclic amines) is 1. The number of benzene rings is 1. The van der Waals surface area contributed by atoms with E-state index in [0.29, 0.717) is 28.2 Å². The van der Waals surface area contributed by atoms with Crippen LogP contribution in [0, 0.1) is 5.92 Å². The summed E-state index contributed by atoms with van der Waals surface area (Å²) >= 11 is 1.26. The van der Waals surface area contributed by atoms with Crippen LogP contribution in [0.4, 0.5) is 5.13 Å². The molecule has 0 aliphatic carbocycles. The molecule has 0 unspecified atom stereocenters. The molecule has 1 aliphatic rings. The first-order chi connectivity index (χ1) is 12.9. The smallest absolute Gasteiger partial charge is 0.231 e. The molecule has 1 fully saturated rings. The Morgan fingerprint density at radius 3 is 2.44 bits per heavy atom. The maximum absolute atomic E-state index is 12.5. The van der Waals surface area contributed by atoms with Gasteiger partial charge in [-0.05, 0) is 26.0 Å². The van der Waals surface area contributed by atoms with E-state index in [1.807, 2.05) is 26.0 Å².